The van der Waals surface area contributed by atoms with E-state index in [0.717, 1.165) is 36.3 Å². The average molecular weight is 461 g/mol. The lowest BCUT2D eigenvalue weighted by molar-refractivity contribution is 0.219. The number of benzene rings is 2. The SMILES string of the molecule is CN(C)CS(=O)(=O)N1CCC2(CC1)Cc1ccccc1NC2=NCc1cccc(Cl)c1. The summed E-state index contributed by atoms with van der Waals surface area (Å²) in [5.74, 6) is 0.993. The molecule has 0 radical (unpaired) electrons. The summed E-state index contributed by atoms with van der Waals surface area (Å²) in [5.41, 5.74) is 3.22. The number of anilines is 1. The zero-order chi connectivity index (χ0) is 22.1. The van der Waals surface area contributed by atoms with Gasteiger partial charge in [-0.3, -0.25) is 9.89 Å². The molecule has 0 aromatic heterocycles. The van der Waals surface area contributed by atoms with E-state index in [1.54, 1.807) is 23.3 Å². The Balaban J connectivity index is 1.60. The van der Waals surface area contributed by atoms with E-state index in [1.165, 1.54) is 5.56 Å². The Kier molecular flexibility index (Phi) is 6.40. The first kappa shape index (κ1) is 22.3. The van der Waals surface area contributed by atoms with Crippen LogP contribution in [0.4, 0.5) is 5.69 Å². The number of piperidine rings is 1. The van der Waals surface area contributed by atoms with Crippen LogP contribution in [-0.4, -0.2) is 56.5 Å². The molecule has 8 heteroatoms. The summed E-state index contributed by atoms with van der Waals surface area (Å²) >= 11 is 6.14. The number of para-hydroxylation sites is 1. The maximum absolute atomic E-state index is 12.7. The Morgan fingerprint density at radius 2 is 1.87 bits per heavy atom. The second-order valence-corrected chi connectivity index (χ2v) is 11.1. The van der Waals surface area contributed by atoms with Crippen molar-refractivity contribution in [2.75, 3.05) is 38.4 Å². The van der Waals surface area contributed by atoms with Crippen molar-refractivity contribution in [2.24, 2.45) is 10.4 Å². The van der Waals surface area contributed by atoms with E-state index in [-0.39, 0.29) is 11.3 Å². The Morgan fingerprint density at radius 1 is 1.13 bits per heavy atom. The fraction of sp³-hybridized carbons (Fsp3) is 0.435. The van der Waals surface area contributed by atoms with Gasteiger partial charge in [0.1, 0.15) is 11.7 Å². The second kappa shape index (κ2) is 8.90. The van der Waals surface area contributed by atoms with Gasteiger partial charge in [0.15, 0.2) is 0 Å². The van der Waals surface area contributed by atoms with Crippen molar-refractivity contribution in [3.63, 3.8) is 0 Å². The third kappa shape index (κ3) is 4.95. The molecule has 0 aliphatic carbocycles. The average Bonchev–Trinajstić information content (AvgIpc) is 2.72. The minimum absolute atomic E-state index is 0.0385. The Morgan fingerprint density at radius 3 is 2.58 bits per heavy atom. The first-order valence-corrected chi connectivity index (χ1v) is 12.5. The topological polar surface area (TPSA) is 65.0 Å². The predicted molar refractivity (Wildman–Crippen MR) is 127 cm³/mol. The first-order chi connectivity index (χ1) is 14.8. The zero-order valence-electron chi connectivity index (χ0n) is 18.0. The molecule has 1 N–H and O–H groups in total. The van der Waals surface area contributed by atoms with Gasteiger partial charge >= 0.3 is 0 Å². The van der Waals surface area contributed by atoms with Crippen LogP contribution < -0.4 is 5.32 Å². The third-order valence-corrected chi connectivity index (χ3v) is 8.33. The van der Waals surface area contributed by atoms with Crippen LogP contribution in [0.2, 0.25) is 5.02 Å². The molecule has 166 valence electrons. The Bertz CT molecular complexity index is 1080. The lowest BCUT2D eigenvalue weighted by atomic mass is 9.71. The van der Waals surface area contributed by atoms with E-state index in [2.05, 4.69) is 23.5 Å². The van der Waals surface area contributed by atoms with Crippen LogP contribution in [0.15, 0.2) is 53.5 Å². The summed E-state index contributed by atoms with van der Waals surface area (Å²) in [6.45, 7) is 1.56. The first-order valence-electron chi connectivity index (χ1n) is 10.5. The molecule has 0 saturated carbocycles. The van der Waals surface area contributed by atoms with Crippen LogP contribution >= 0.6 is 11.6 Å². The molecule has 31 heavy (non-hydrogen) atoms. The van der Waals surface area contributed by atoms with E-state index < -0.39 is 10.0 Å². The maximum Gasteiger partial charge on any atom is 0.227 e. The van der Waals surface area contributed by atoms with E-state index >= 15 is 0 Å². The number of sulfonamides is 1. The molecule has 2 aromatic carbocycles. The normalized spacial score (nSPS) is 20.1. The molecule has 2 aliphatic heterocycles. The Hall–Kier alpha value is -1.93. The molecular weight excluding hydrogens is 432 g/mol. The Labute approximate surface area is 190 Å². The van der Waals surface area contributed by atoms with Crippen LogP contribution in [0.1, 0.15) is 24.0 Å². The maximum atomic E-state index is 12.7. The highest BCUT2D eigenvalue weighted by Crippen LogP contribution is 2.42. The molecule has 6 nitrogen and oxygen atoms in total. The highest BCUT2D eigenvalue weighted by Gasteiger charge is 2.44. The van der Waals surface area contributed by atoms with Gasteiger partial charge in [-0.2, -0.15) is 0 Å². The summed E-state index contributed by atoms with van der Waals surface area (Å²) in [4.78, 5) is 6.68. The van der Waals surface area contributed by atoms with Crippen molar-refractivity contribution >= 4 is 33.1 Å². The smallest absolute Gasteiger partial charge is 0.227 e. The van der Waals surface area contributed by atoms with Crippen LogP contribution in [0.25, 0.3) is 0 Å². The minimum Gasteiger partial charge on any atom is -0.343 e. The van der Waals surface area contributed by atoms with Gasteiger partial charge in [0.05, 0.1) is 6.54 Å². The van der Waals surface area contributed by atoms with Crippen LogP contribution in [0.3, 0.4) is 0 Å². The lowest BCUT2D eigenvalue weighted by Crippen LogP contribution is -2.52. The van der Waals surface area contributed by atoms with Gasteiger partial charge in [-0.25, -0.2) is 12.7 Å². The fourth-order valence-electron chi connectivity index (χ4n) is 4.53. The van der Waals surface area contributed by atoms with Gasteiger partial charge in [-0.05, 0) is 62.7 Å². The van der Waals surface area contributed by atoms with Gasteiger partial charge in [-0.1, -0.05) is 41.9 Å². The quantitative estimate of drug-likeness (QED) is 0.736. The molecule has 1 fully saturated rings. The van der Waals surface area contributed by atoms with Crippen molar-refractivity contribution in [3.8, 4) is 0 Å². The molecule has 2 heterocycles. The molecule has 1 spiro atoms. The fourth-order valence-corrected chi connectivity index (χ4v) is 6.30. The van der Waals surface area contributed by atoms with Gasteiger partial charge in [0.2, 0.25) is 10.0 Å². The third-order valence-electron chi connectivity index (χ3n) is 6.10. The molecule has 0 amide bonds. The molecule has 2 aromatic rings. The number of nitrogens with zero attached hydrogens (tertiary/aromatic N) is 3. The minimum atomic E-state index is -3.29. The second-order valence-electron chi connectivity index (χ2n) is 8.75. The van der Waals surface area contributed by atoms with E-state index in [9.17, 15) is 8.42 Å². The van der Waals surface area contributed by atoms with Crippen molar-refractivity contribution in [1.82, 2.24) is 9.21 Å². The number of hydrogen-bond donors (Lipinski definition) is 1. The van der Waals surface area contributed by atoms with Crippen molar-refractivity contribution in [1.29, 1.82) is 0 Å². The number of hydrogen-bond acceptors (Lipinski definition) is 4. The standard InChI is InChI=1S/C23H29ClN4O2S/c1-27(2)17-31(29,30)28-12-10-23(11-13-28)15-19-7-3-4-9-21(19)26-22(23)25-16-18-6-5-8-20(24)14-18/h3-9,14H,10-13,15-17H2,1-2H3,(H,25,26). The number of rotatable bonds is 5. The number of halogens is 1. The summed E-state index contributed by atoms with van der Waals surface area (Å²) in [7, 11) is 0.275. The lowest BCUT2D eigenvalue weighted by Gasteiger charge is -2.45. The van der Waals surface area contributed by atoms with Gasteiger partial charge in [0, 0.05) is 29.2 Å². The van der Waals surface area contributed by atoms with Gasteiger partial charge < -0.3 is 5.32 Å². The summed E-state index contributed by atoms with van der Waals surface area (Å²) < 4.78 is 27.1. The van der Waals surface area contributed by atoms with Crippen LogP contribution in [0.5, 0.6) is 0 Å². The molecule has 0 unspecified atom stereocenters. The van der Waals surface area contributed by atoms with E-state index in [1.807, 2.05) is 30.3 Å². The number of amidine groups is 1. The number of fused-ring (bicyclic) bond motifs is 1. The molecular formula is C23H29ClN4O2S. The molecule has 2 aliphatic rings. The van der Waals surface area contributed by atoms with Crippen molar-refractivity contribution in [3.05, 3.63) is 64.7 Å². The van der Waals surface area contributed by atoms with Crippen LogP contribution in [-0.2, 0) is 23.0 Å². The zero-order valence-corrected chi connectivity index (χ0v) is 19.6. The van der Waals surface area contributed by atoms with E-state index in [4.69, 9.17) is 16.6 Å². The highest BCUT2D eigenvalue weighted by molar-refractivity contribution is 7.89. The molecule has 4 rings (SSSR count). The van der Waals surface area contributed by atoms with Gasteiger partial charge in [-0.15, -0.1) is 0 Å². The van der Waals surface area contributed by atoms with Crippen LogP contribution in [0, 0.1) is 5.41 Å². The van der Waals surface area contributed by atoms with Crippen molar-refractivity contribution in [2.45, 2.75) is 25.8 Å². The predicted octanol–water partition coefficient (Wildman–Crippen LogP) is 3.84. The van der Waals surface area contributed by atoms with Gasteiger partial charge in [0.25, 0.3) is 0 Å². The largest absolute Gasteiger partial charge is 0.343 e. The summed E-state index contributed by atoms with van der Waals surface area (Å²) in [5, 5.41) is 4.27. The molecule has 1 saturated heterocycles. The number of aliphatic imine (C=N–C) groups is 1. The highest BCUT2D eigenvalue weighted by atomic mass is 35.5. The monoisotopic (exact) mass is 460 g/mol. The summed E-state index contributed by atoms with van der Waals surface area (Å²) in [6, 6.07) is 16.1. The van der Waals surface area contributed by atoms with Crippen molar-refractivity contribution < 1.29 is 8.42 Å². The molecule has 0 atom stereocenters. The summed E-state index contributed by atoms with van der Waals surface area (Å²) in [6.07, 6.45) is 2.36. The molecule has 0 bridgehead atoms. The van der Waals surface area contributed by atoms with E-state index in [0.29, 0.717) is 24.7 Å². The number of nitrogens with one attached hydrogen (secondary N) is 1.